The van der Waals surface area contributed by atoms with Crippen molar-refractivity contribution in [3.05, 3.63) is 57.1 Å². The number of halogens is 2. The van der Waals surface area contributed by atoms with Crippen molar-refractivity contribution in [3.63, 3.8) is 0 Å². The van der Waals surface area contributed by atoms with Crippen LogP contribution in [-0.4, -0.2) is 24.1 Å². The molecule has 1 aliphatic rings. The van der Waals surface area contributed by atoms with Crippen molar-refractivity contribution < 1.29 is 14.4 Å². The zero-order valence-corrected chi connectivity index (χ0v) is 15.6. The van der Waals surface area contributed by atoms with Crippen molar-refractivity contribution in [3.8, 4) is 0 Å². The van der Waals surface area contributed by atoms with Crippen LogP contribution < -0.4 is 10.2 Å². The van der Waals surface area contributed by atoms with Gasteiger partial charge in [0.1, 0.15) is 0 Å². The topological polar surface area (TPSA) is 78.8 Å². The third-order valence-electron chi connectivity index (χ3n) is 3.49. The number of benzene rings is 2. The number of amides is 4. The van der Waals surface area contributed by atoms with Crippen molar-refractivity contribution in [2.45, 2.75) is 0 Å². The lowest BCUT2D eigenvalue weighted by atomic mass is 10.1. The Labute approximate surface area is 162 Å². The fraction of sp³-hybridized carbons (Fsp3) is 0.0588. The third-order valence-corrected chi connectivity index (χ3v) is 4.46. The molecule has 1 fully saturated rings. The number of barbiturate groups is 1. The number of anilines is 1. The van der Waals surface area contributed by atoms with E-state index in [0.29, 0.717) is 16.4 Å². The molecule has 1 aliphatic heterocycles. The summed E-state index contributed by atoms with van der Waals surface area (Å²) in [7, 11) is 0. The van der Waals surface area contributed by atoms with Gasteiger partial charge in [0.2, 0.25) is 5.91 Å². The number of nitrogens with one attached hydrogen (secondary N) is 1. The maximum Gasteiger partial charge on any atom is 0.335 e. The number of hydrogen-bond donors (Lipinski definition) is 1. The molecule has 25 heavy (non-hydrogen) atoms. The van der Waals surface area contributed by atoms with Crippen LogP contribution in [0.25, 0.3) is 0 Å². The van der Waals surface area contributed by atoms with E-state index in [4.69, 9.17) is 11.6 Å². The second-order valence-corrected chi connectivity index (χ2v) is 6.86. The van der Waals surface area contributed by atoms with E-state index in [1.807, 2.05) is 12.1 Å². The van der Waals surface area contributed by atoms with E-state index >= 15 is 0 Å². The summed E-state index contributed by atoms with van der Waals surface area (Å²) in [4.78, 5) is 41.8. The summed E-state index contributed by atoms with van der Waals surface area (Å²) < 4.78 is 1.04. The SMILES string of the molecule is O=C1NC(=O)N(c2ccc(Cl)cc2)C(=O)[C@H]1C=Nc1ccc(I)cc1. The molecule has 0 saturated carbocycles. The molecule has 0 bridgehead atoms. The predicted molar refractivity (Wildman–Crippen MR) is 103 cm³/mol. The molecule has 126 valence electrons. The van der Waals surface area contributed by atoms with Crippen LogP contribution in [0, 0.1) is 9.49 Å². The first kappa shape index (κ1) is 17.6. The van der Waals surface area contributed by atoms with Crippen LogP contribution in [0.3, 0.4) is 0 Å². The van der Waals surface area contributed by atoms with E-state index < -0.39 is 23.8 Å². The van der Waals surface area contributed by atoms with Gasteiger partial charge in [-0.05, 0) is 71.1 Å². The van der Waals surface area contributed by atoms with E-state index in [1.165, 1.54) is 18.3 Å². The summed E-state index contributed by atoms with van der Waals surface area (Å²) in [5.74, 6) is -2.55. The molecular formula is C17H11ClIN3O3. The van der Waals surface area contributed by atoms with Gasteiger partial charge in [-0.3, -0.25) is 19.9 Å². The molecule has 1 atom stereocenters. The van der Waals surface area contributed by atoms with Crippen molar-refractivity contribution in [1.82, 2.24) is 5.32 Å². The lowest BCUT2D eigenvalue weighted by Crippen LogP contribution is -2.58. The molecular weight excluding hydrogens is 457 g/mol. The number of urea groups is 1. The summed E-state index contributed by atoms with van der Waals surface area (Å²) in [6.07, 6.45) is 1.25. The molecule has 0 spiro atoms. The molecule has 1 saturated heterocycles. The number of carbonyl (C=O) groups is 3. The Morgan fingerprint density at radius 1 is 1.04 bits per heavy atom. The Hall–Kier alpha value is -2.26. The average Bonchev–Trinajstić information content (AvgIpc) is 2.57. The molecule has 0 radical (unpaired) electrons. The van der Waals surface area contributed by atoms with Crippen molar-refractivity contribution in [1.29, 1.82) is 0 Å². The highest BCUT2D eigenvalue weighted by Crippen LogP contribution is 2.23. The minimum atomic E-state index is -1.19. The summed E-state index contributed by atoms with van der Waals surface area (Å²) in [6.45, 7) is 0. The first-order chi connectivity index (χ1) is 12.0. The van der Waals surface area contributed by atoms with Gasteiger partial charge in [-0.1, -0.05) is 11.6 Å². The molecule has 1 heterocycles. The summed E-state index contributed by atoms with van der Waals surface area (Å²) in [5.41, 5.74) is 0.933. The van der Waals surface area contributed by atoms with Crippen LogP contribution in [-0.2, 0) is 9.59 Å². The second-order valence-electron chi connectivity index (χ2n) is 5.18. The van der Waals surface area contributed by atoms with Crippen molar-refractivity contribution in [2.24, 2.45) is 10.9 Å². The lowest BCUT2D eigenvalue weighted by molar-refractivity contribution is -0.131. The maximum atomic E-state index is 12.6. The minimum Gasteiger partial charge on any atom is -0.276 e. The van der Waals surface area contributed by atoms with Gasteiger partial charge in [0.25, 0.3) is 5.91 Å². The monoisotopic (exact) mass is 467 g/mol. The molecule has 0 aliphatic carbocycles. The van der Waals surface area contributed by atoms with Crippen molar-refractivity contribution in [2.75, 3.05) is 4.90 Å². The zero-order chi connectivity index (χ0) is 18.0. The van der Waals surface area contributed by atoms with Gasteiger partial charge in [-0.25, -0.2) is 9.69 Å². The summed E-state index contributed by atoms with van der Waals surface area (Å²) in [6, 6.07) is 12.6. The van der Waals surface area contributed by atoms with Crippen LogP contribution in [0.2, 0.25) is 5.02 Å². The predicted octanol–water partition coefficient (Wildman–Crippen LogP) is 3.55. The fourth-order valence-electron chi connectivity index (χ4n) is 2.24. The van der Waals surface area contributed by atoms with E-state index in [-0.39, 0.29) is 0 Å². The van der Waals surface area contributed by atoms with Gasteiger partial charge in [0.05, 0.1) is 11.4 Å². The highest BCUT2D eigenvalue weighted by atomic mass is 127. The molecule has 4 amide bonds. The number of hydrogen-bond acceptors (Lipinski definition) is 4. The molecule has 0 unspecified atom stereocenters. The van der Waals surface area contributed by atoms with E-state index in [1.54, 1.807) is 24.3 Å². The molecule has 8 heteroatoms. The molecule has 6 nitrogen and oxygen atoms in total. The molecule has 3 rings (SSSR count). The Kier molecular flexibility index (Phi) is 5.14. The van der Waals surface area contributed by atoms with Crippen LogP contribution in [0.5, 0.6) is 0 Å². The van der Waals surface area contributed by atoms with Crippen LogP contribution in [0.15, 0.2) is 53.5 Å². The Bertz CT molecular complexity index is 866. The fourth-order valence-corrected chi connectivity index (χ4v) is 2.73. The summed E-state index contributed by atoms with van der Waals surface area (Å²) >= 11 is 7.99. The average molecular weight is 468 g/mol. The van der Waals surface area contributed by atoms with Gasteiger partial charge < -0.3 is 0 Å². The van der Waals surface area contributed by atoms with Crippen LogP contribution in [0.1, 0.15) is 0 Å². The minimum absolute atomic E-state index is 0.326. The third kappa shape index (κ3) is 3.88. The van der Waals surface area contributed by atoms with E-state index in [0.717, 1.165) is 8.47 Å². The van der Waals surface area contributed by atoms with Crippen LogP contribution in [0.4, 0.5) is 16.2 Å². The molecule has 0 aromatic heterocycles. The molecule has 1 N–H and O–H groups in total. The highest BCUT2D eigenvalue weighted by Gasteiger charge is 2.40. The van der Waals surface area contributed by atoms with Gasteiger partial charge in [0.15, 0.2) is 5.92 Å². The maximum absolute atomic E-state index is 12.6. The number of nitrogens with zero attached hydrogens (tertiary/aromatic N) is 2. The number of carbonyl (C=O) groups excluding carboxylic acids is 3. The van der Waals surface area contributed by atoms with Crippen LogP contribution >= 0.6 is 34.2 Å². The highest BCUT2D eigenvalue weighted by molar-refractivity contribution is 14.1. The van der Waals surface area contributed by atoms with Crippen molar-refractivity contribution >= 4 is 69.6 Å². The molecule has 2 aromatic rings. The first-order valence-corrected chi connectivity index (χ1v) is 8.65. The number of aliphatic imine (C=N–C) groups is 1. The van der Waals surface area contributed by atoms with Gasteiger partial charge in [0, 0.05) is 14.8 Å². The summed E-state index contributed by atoms with van der Waals surface area (Å²) in [5, 5.41) is 2.64. The molecule has 2 aromatic carbocycles. The Morgan fingerprint density at radius 3 is 2.32 bits per heavy atom. The first-order valence-electron chi connectivity index (χ1n) is 7.20. The van der Waals surface area contributed by atoms with Gasteiger partial charge in [-0.15, -0.1) is 0 Å². The van der Waals surface area contributed by atoms with Gasteiger partial charge in [-0.2, -0.15) is 0 Å². The number of imide groups is 2. The number of rotatable bonds is 3. The zero-order valence-electron chi connectivity index (χ0n) is 12.6. The second kappa shape index (κ2) is 7.32. The van der Waals surface area contributed by atoms with E-state index in [2.05, 4.69) is 32.9 Å². The quantitative estimate of drug-likeness (QED) is 0.426. The Morgan fingerprint density at radius 2 is 1.68 bits per heavy atom. The smallest absolute Gasteiger partial charge is 0.276 e. The normalized spacial score (nSPS) is 17.9. The van der Waals surface area contributed by atoms with E-state index in [9.17, 15) is 14.4 Å². The largest absolute Gasteiger partial charge is 0.335 e. The van der Waals surface area contributed by atoms with Gasteiger partial charge >= 0.3 is 6.03 Å². The standard InChI is InChI=1S/C17H11ClIN3O3/c18-10-1-7-13(8-2-10)22-16(24)14(15(23)21-17(22)25)9-20-12-5-3-11(19)4-6-12/h1-9,14H,(H,21,23,25)/t14-/m0/s1. The lowest BCUT2D eigenvalue weighted by Gasteiger charge is -2.28. The Balaban J connectivity index is 1.87.